The van der Waals surface area contributed by atoms with E-state index in [-0.39, 0.29) is 105 Å². The van der Waals surface area contributed by atoms with Crippen molar-refractivity contribution in [2.24, 2.45) is 35.0 Å². The Morgan fingerprint density at radius 1 is 0.579 bits per heavy atom. The lowest BCUT2D eigenvalue weighted by atomic mass is 9.89. The summed E-state index contributed by atoms with van der Waals surface area (Å²) in [6, 6.07) is 2.00. The fourth-order valence-electron chi connectivity index (χ4n) is 13.6. The highest BCUT2D eigenvalue weighted by molar-refractivity contribution is 5.95. The number of ether oxygens (including phenoxy) is 5. The van der Waals surface area contributed by atoms with E-state index < -0.39 is 239 Å². The summed E-state index contributed by atoms with van der Waals surface area (Å²) in [5.41, 5.74) is 0.635. The van der Waals surface area contributed by atoms with Gasteiger partial charge in [0.05, 0.1) is 114 Å². The zero-order valence-electron chi connectivity index (χ0n) is 75.5. The van der Waals surface area contributed by atoms with Crippen LogP contribution in [0.3, 0.4) is 0 Å². The lowest BCUT2D eigenvalue weighted by molar-refractivity contribution is -0.148. The fraction of sp³-hybridized carbons (Fsp3) is 0.723. The van der Waals surface area contributed by atoms with Crippen LogP contribution >= 0.6 is 0 Å². The number of methoxy groups -OCH3 is 2. The van der Waals surface area contributed by atoms with Crippen molar-refractivity contribution in [3.05, 3.63) is 35.9 Å². The average molecular weight is 1800 g/mol. The molecule has 0 saturated carbocycles. The molecule has 0 spiro atoms. The number of alkyl carbamates (subject to hydrolysis) is 1. The number of benzene rings is 1. The monoisotopic (exact) mass is 1790 g/mol. The maximum atomic E-state index is 14.6. The second kappa shape index (κ2) is 58.3. The number of carboxylic acids is 1. The number of aliphatic hydroxyl groups excluding tert-OH is 5. The van der Waals surface area contributed by atoms with Gasteiger partial charge >= 0.3 is 18.0 Å². The summed E-state index contributed by atoms with van der Waals surface area (Å²) in [7, 11) is 8.21. The van der Waals surface area contributed by atoms with E-state index in [0.29, 0.717) is 38.0 Å². The molecule has 714 valence electrons. The molecule has 1 fully saturated rings. The molecule has 126 heavy (non-hydrogen) atoms. The van der Waals surface area contributed by atoms with E-state index in [9.17, 15) is 107 Å². The van der Waals surface area contributed by atoms with Gasteiger partial charge in [-0.1, -0.05) is 106 Å². The number of aliphatic carboxylic acids is 1. The van der Waals surface area contributed by atoms with E-state index >= 15 is 0 Å². The fourth-order valence-corrected chi connectivity index (χ4v) is 13.6. The van der Waals surface area contributed by atoms with E-state index in [2.05, 4.69) is 63.8 Å². The molecule has 18 N–H and O–H groups in total. The molecule has 14 amide bonds. The van der Waals surface area contributed by atoms with Crippen molar-refractivity contribution in [2.45, 2.75) is 226 Å². The third-order valence-electron chi connectivity index (χ3n) is 20.7. The number of Topliss-reactive ketones (excluding diaryl/α,β-unsaturated/α-hetero) is 1. The highest BCUT2D eigenvalue weighted by Crippen LogP contribution is 2.30. The van der Waals surface area contributed by atoms with Gasteiger partial charge in [0.2, 0.25) is 76.8 Å². The molecule has 1 aromatic rings. The van der Waals surface area contributed by atoms with Gasteiger partial charge in [-0.15, -0.1) is 0 Å². The van der Waals surface area contributed by atoms with Crippen molar-refractivity contribution in [1.29, 1.82) is 0 Å². The van der Waals surface area contributed by atoms with Gasteiger partial charge in [-0.25, -0.2) is 14.4 Å². The molecule has 16 atom stereocenters. The minimum Gasteiger partial charge on any atom is -0.480 e. The van der Waals surface area contributed by atoms with Crippen LogP contribution < -0.4 is 63.8 Å². The Bertz CT molecular complexity index is 3680. The van der Waals surface area contributed by atoms with Gasteiger partial charge < -0.3 is 128 Å². The topological polar surface area (TPSA) is 612 Å². The summed E-state index contributed by atoms with van der Waals surface area (Å²) in [5, 5.41) is 88.2. The molecular weight excluding hydrogens is 1650 g/mol. The molecule has 1 aliphatic rings. The highest BCUT2D eigenvalue weighted by Gasteiger charge is 2.45. The zero-order chi connectivity index (χ0) is 95.3. The van der Waals surface area contributed by atoms with Crippen molar-refractivity contribution in [3.8, 4) is 0 Å². The van der Waals surface area contributed by atoms with Crippen LogP contribution in [-0.2, 0) is 107 Å². The van der Waals surface area contributed by atoms with Gasteiger partial charge in [0.15, 0.2) is 5.78 Å². The molecule has 0 bridgehead atoms. The van der Waals surface area contributed by atoms with Crippen LogP contribution in [0.2, 0.25) is 0 Å². The normalized spacial score (nSPS) is 16.3. The minimum atomic E-state index is -2.13. The lowest BCUT2D eigenvalue weighted by Gasteiger charge is -2.41. The number of hydrogen-bond donors (Lipinski definition) is 18. The van der Waals surface area contributed by atoms with E-state index in [1.54, 1.807) is 54.1 Å². The molecule has 2 rings (SSSR count). The smallest absolute Gasteiger partial charge is 0.407 e. The molecule has 0 unspecified atom stereocenters. The van der Waals surface area contributed by atoms with Crippen molar-refractivity contribution < 1.29 is 136 Å². The number of rotatable bonds is 60. The van der Waals surface area contributed by atoms with Crippen LogP contribution in [0.1, 0.15) is 146 Å². The molecule has 0 radical (unpaired) electrons. The SMILES string of the molecule is CC[C@H](C)[C@@H]([C@@H](CC(=O)N1CCC[C@H]1[C@H](OC)[C@@H](C)C(=O)N[C@@H](Cc1ccccc1)C(=O)NCCCOC(=O)[C@H](C)NC(=O)C[C@H](NC(=O)CCNC(=O)OC[C@H](CC(=O)CNC(=O)CNC(=O)CNC(=O)CNC(=O)CCNC(=O)CCOCC(C)(C)C)C(=O)NC[C@H](O)[C@@H](O)[C@H](O)[C@H](O)CO)C(=O)O)OC)N(C)C(=O)[C@@H](NC(=O)[C@H](C(C)C)N(C)C)C(C)C. The number of likely N-dealkylation sites (N-methyl/N-ethyl adjacent to an activating group) is 2. The molecule has 0 aromatic heterocycles. The standard InChI is InChI=1S/C83H139N15O28/c1-17-49(6)71(97(14)79(117)69(47(2)3)95-78(116)70(48(4)5)96(12)13)60(122-15)38-68(110)98-32-21-25-57(98)74(123-16)50(7)75(113)94-55(35-52-23-19-18-20-24-52)77(115)85-29-22-33-125-81(120)51(8)92-64(106)37-56(80(118)119)93-63(105)27-31-86-82(121)126-45-53(76(114)91-40-58(101)72(111)73(112)59(102)44-99)36-54(100)39-87-65(107)42-89-67(109)43-90-66(108)41-88-61(103)26-30-84-62(104)28-34-124-46-83(9,10)11/h18-20,23-24,47-51,53,55-60,69-74,99,101-102,111-112H,17,21-22,25-46H2,1-16H3,(H,84,104)(H,85,115)(H,86,121)(H,87,107)(H,88,103)(H,89,109)(H,90,108)(H,91,114)(H,92,106)(H,93,105)(H,94,113)(H,95,116)(H,118,119)/t49-,50+,51-,53-,55-,56-,57-,58-,59+,60+,69-,70-,71-,72+,73+,74+/m0/s1. The van der Waals surface area contributed by atoms with Crippen LogP contribution in [0, 0.1) is 35.0 Å². The number of nitrogens with zero attached hydrogens (tertiary/aromatic N) is 3. The Hall–Kier alpha value is -10.1. The number of amides is 14. The Labute approximate surface area is 735 Å². The summed E-state index contributed by atoms with van der Waals surface area (Å²) in [6.07, 6.45) is -11.7. The maximum absolute atomic E-state index is 14.6. The quantitative estimate of drug-likeness (QED) is 0.0216. The number of esters is 1. The van der Waals surface area contributed by atoms with Crippen LogP contribution in [0.5, 0.6) is 0 Å². The first-order valence-corrected chi connectivity index (χ1v) is 42.4. The van der Waals surface area contributed by atoms with Crippen molar-refractivity contribution in [3.63, 3.8) is 0 Å². The summed E-state index contributed by atoms with van der Waals surface area (Å²) in [5.74, 6) is -15.1. The Kier molecular flexibility index (Phi) is 51.7. The van der Waals surface area contributed by atoms with Gasteiger partial charge in [0, 0.05) is 86.1 Å². The van der Waals surface area contributed by atoms with Crippen molar-refractivity contribution in [1.82, 2.24) is 78.5 Å². The highest BCUT2D eigenvalue weighted by atomic mass is 16.6. The third kappa shape index (κ3) is 42.0. The largest absolute Gasteiger partial charge is 0.480 e. The minimum absolute atomic E-state index is 0.0109. The van der Waals surface area contributed by atoms with E-state index in [0.717, 1.165) is 0 Å². The van der Waals surface area contributed by atoms with Crippen LogP contribution in [0.4, 0.5) is 4.79 Å². The Balaban J connectivity index is 1.99. The van der Waals surface area contributed by atoms with Crippen LogP contribution in [-0.4, -0.2) is 352 Å². The Morgan fingerprint density at radius 3 is 1.73 bits per heavy atom. The predicted octanol–water partition coefficient (Wildman–Crippen LogP) is -4.46. The van der Waals surface area contributed by atoms with Crippen molar-refractivity contribution >= 4 is 101 Å². The number of likely N-dealkylation sites (tertiary alicyclic amines) is 1. The number of nitrogens with one attached hydrogen (secondary N) is 12. The lowest BCUT2D eigenvalue weighted by Crippen LogP contribution is -2.59. The predicted molar refractivity (Wildman–Crippen MR) is 453 cm³/mol. The van der Waals surface area contributed by atoms with Gasteiger partial charge in [-0.3, -0.25) is 72.0 Å². The molecule has 43 heteroatoms. The number of hydrogen-bond acceptors (Lipinski definition) is 28. The Morgan fingerprint density at radius 2 is 1.17 bits per heavy atom. The summed E-state index contributed by atoms with van der Waals surface area (Å²) < 4.78 is 27.9. The van der Waals surface area contributed by atoms with E-state index in [1.165, 1.54) is 21.1 Å². The summed E-state index contributed by atoms with van der Waals surface area (Å²) in [6.45, 7) is 15.0. The first kappa shape index (κ1) is 112. The molecule has 0 aliphatic carbocycles. The molecular formula is C83H139N15O28. The van der Waals surface area contributed by atoms with Gasteiger partial charge in [-0.2, -0.15) is 0 Å². The van der Waals surface area contributed by atoms with Crippen LogP contribution in [0.25, 0.3) is 0 Å². The van der Waals surface area contributed by atoms with Crippen molar-refractivity contribution in [2.75, 3.05) is 127 Å². The molecule has 1 heterocycles. The molecule has 1 aromatic carbocycles. The van der Waals surface area contributed by atoms with E-state index in [1.807, 2.05) is 81.3 Å². The second-order valence-corrected chi connectivity index (χ2v) is 33.3. The summed E-state index contributed by atoms with van der Waals surface area (Å²) >= 11 is 0. The first-order chi connectivity index (χ1) is 59.2. The average Bonchev–Trinajstić information content (AvgIpc) is 1.58. The number of ketones is 1. The number of carbonyl (C=O) groups is 17. The molecule has 1 saturated heterocycles. The second-order valence-electron chi connectivity index (χ2n) is 33.3. The van der Waals surface area contributed by atoms with Gasteiger partial charge in [0.25, 0.3) is 0 Å². The number of carboxylic acid groups (broad SMARTS) is 1. The summed E-state index contributed by atoms with van der Waals surface area (Å²) in [4.78, 5) is 228. The van der Waals surface area contributed by atoms with Gasteiger partial charge in [-0.05, 0) is 69.0 Å². The van der Waals surface area contributed by atoms with Gasteiger partial charge in [0.1, 0.15) is 49.1 Å². The van der Waals surface area contributed by atoms with E-state index in [4.69, 9.17) is 28.8 Å². The van der Waals surface area contributed by atoms with Crippen LogP contribution in [0.15, 0.2) is 30.3 Å². The third-order valence-corrected chi connectivity index (χ3v) is 20.7. The maximum Gasteiger partial charge on any atom is 0.407 e. The zero-order valence-corrected chi connectivity index (χ0v) is 75.5. The number of carbonyl (C=O) groups excluding carboxylic acids is 16. The molecule has 1 aliphatic heterocycles. The first-order valence-electron chi connectivity index (χ1n) is 42.4. The number of aliphatic hydroxyl groups is 5. The molecule has 43 nitrogen and oxygen atoms in total.